The van der Waals surface area contributed by atoms with Gasteiger partial charge in [-0.15, -0.1) is 0 Å². The summed E-state index contributed by atoms with van der Waals surface area (Å²) >= 11 is 0. The van der Waals surface area contributed by atoms with Crippen LogP contribution in [0.25, 0.3) is 11.0 Å². The number of ether oxygens (including phenoxy) is 1. The van der Waals surface area contributed by atoms with E-state index in [1.807, 2.05) is 49.6 Å². The van der Waals surface area contributed by atoms with Crippen molar-refractivity contribution in [3.8, 4) is 11.5 Å². The van der Waals surface area contributed by atoms with Crippen LogP contribution >= 0.6 is 0 Å². The highest BCUT2D eigenvalue weighted by molar-refractivity contribution is 5.77. The zero-order valence-corrected chi connectivity index (χ0v) is 11.6. The molecule has 0 saturated carbocycles. The predicted octanol–water partition coefficient (Wildman–Crippen LogP) is 3.74. The molecule has 0 amide bonds. The molecule has 3 rings (SSSR count). The van der Waals surface area contributed by atoms with Crippen LogP contribution in [0.4, 0.5) is 5.69 Å². The average molecular weight is 267 g/mol. The Morgan fingerprint density at radius 3 is 2.80 bits per heavy atom. The third kappa shape index (κ3) is 2.20. The van der Waals surface area contributed by atoms with E-state index in [2.05, 4.69) is 16.5 Å². The van der Waals surface area contributed by atoms with Crippen molar-refractivity contribution in [3.05, 3.63) is 48.3 Å². The normalized spacial score (nSPS) is 10.9. The lowest BCUT2D eigenvalue weighted by atomic mass is 10.2. The number of rotatable bonds is 3. The lowest BCUT2D eigenvalue weighted by molar-refractivity contribution is 0.479. The Labute approximate surface area is 117 Å². The topological polar surface area (TPSA) is 53.1 Å². The summed E-state index contributed by atoms with van der Waals surface area (Å²) in [4.78, 5) is 4.39. The number of hydrogen-bond acceptors (Lipinski definition) is 3. The molecule has 0 aliphatic carbocycles. The van der Waals surface area contributed by atoms with Crippen molar-refractivity contribution in [3.63, 3.8) is 0 Å². The SMILES string of the molecule is CCn1cnc2cc(Oc3ccc(N)cc3C)ccc21. The number of benzene rings is 2. The zero-order chi connectivity index (χ0) is 14.1. The van der Waals surface area contributed by atoms with E-state index < -0.39 is 0 Å². The number of nitrogen functional groups attached to an aromatic ring is 1. The van der Waals surface area contributed by atoms with Gasteiger partial charge in [-0.25, -0.2) is 4.98 Å². The molecule has 0 saturated heterocycles. The first-order chi connectivity index (χ1) is 9.67. The molecule has 1 aromatic heterocycles. The van der Waals surface area contributed by atoms with Crippen LogP contribution in [-0.2, 0) is 6.54 Å². The largest absolute Gasteiger partial charge is 0.457 e. The third-order valence-electron chi connectivity index (χ3n) is 3.36. The molecule has 1 heterocycles. The quantitative estimate of drug-likeness (QED) is 0.735. The molecule has 20 heavy (non-hydrogen) atoms. The zero-order valence-electron chi connectivity index (χ0n) is 11.6. The van der Waals surface area contributed by atoms with Gasteiger partial charge in [0.25, 0.3) is 0 Å². The van der Waals surface area contributed by atoms with E-state index >= 15 is 0 Å². The second-order valence-electron chi connectivity index (χ2n) is 4.81. The van der Waals surface area contributed by atoms with Crippen molar-refractivity contribution in [2.75, 3.05) is 5.73 Å². The number of fused-ring (bicyclic) bond motifs is 1. The first-order valence-electron chi connectivity index (χ1n) is 6.66. The Balaban J connectivity index is 1.94. The molecule has 0 atom stereocenters. The summed E-state index contributed by atoms with van der Waals surface area (Å²) in [5.41, 5.74) is 9.57. The lowest BCUT2D eigenvalue weighted by Gasteiger charge is -2.09. The van der Waals surface area contributed by atoms with Crippen LogP contribution in [0.5, 0.6) is 11.5 Å². The standard InChI is InChI=1S/C16H17N3O/c1-3-19-10-18-14-9-13(5-6-15(14)19)20-16-7-4-12(17)8-11(16)2/h4-10H,3,17H2,1-2H3. The average Bonchev–Trinajstić information content (AvgIpc) is 2.84. The number of anilines is 1. The fraction of sp³-hybridized carbons (Fsp3) is 0.188. The monoisotopic (exact) mass is 267 g/mol. The van der Waals surface area contributed by atoms with Gasteiger partial charge < -0.3 is 15.0 Å². The molecule has 0 aliphatic heterocycles. The first kappa shape index (κ1) is 12.5. The molecule has 102 valence electrons. The van der Waals surface area contributed by atoms with Crippen molar-refractivity contribution >= 4 is 16.7 Å². The first-order valence-corrected chi connectivity index (χ1v) is 6.66. The van der Waals surface area contributed by atoms with Gasteiger partial charge in [0.2, 0.25) is 0 Å². The molecular weight excluding hydrogens is 250 g/mol. The minimum absolute atomic E-state index is 0.743. The summed E-state index contributed by atoms with van der Waals surface area (Å²) < 4.78 is 8.02. The Kier molecular flexibility index (Phi) is 3.06. The predicted molar refractivity (Wildman–Crippen MR) is 81.1 cm³/mol. The Hall–Kier alpha value is -2.49. The highest BCUT2D eigenvalue weighted by Gasteiger charge is 2.06. The molecule has 0 radical (unpaired) electrons. The molecule has 0 unspecified atom stereocenters. The van der Waals surface area contributed by atoms with Crippen LogP contribution in [-0.4, -0.2) is 9.55 Å². The number of aryl methyl sites for hydroxylation is 2. The van der Waals surface area contributed by atoms with Gasteiger partial charge in [0.1, 0.15) is 11.5 Å². The molecule has 4 heteroatoms. The van der Waals surface area contributed by atoms with E-state index in [1.54, 1.807) is 0 Å². The lowest BCUT2D eigenvalue weighted by Crippen LogP contribution is -1.92. The Morgan fingerprint density at radius 2 is 2.05 bits per heavy atom. The molecule has 2 N–H and O–H groups in total. The van der Waals surface area contributed by atoms with Crippen molar-refractivity contribution in [1.29, 1.82) is 0 Å². The molecule has 3 aromatic rings. The Bertz CT molecular complexity index is 762. The van der Waals surface area contributed by atoms with Crippen LogP contribution in [0.1, 0.15) is 12.5 Å². The maximum absolute atomic E-state index is 5.91. The summed E-state index contributed by atoms with van der Waals surface area (Å²) in [5, 5.41) is 0. The van der Waals surface area contributed by atoms with Crippen LogP contribution in [0.3, 0.4) is 0 Å². The van der Waals surface area contributed by atoms with Gasteiger partial charge in [0.05, 0.1) is 17.4 Å². The molecule has 4 nitrogen and oxygen atoms in total. The third-order valence-corrected chi connectivity index (χ3v) is 3.36. The number of aromatic nitrogens is 2. The fourth-order valence-corrected chi connectivity index (χ4v) is 2.27. The van der Waals surface area contributed by atoms with Crippen LogP contribution < -0.4 is 10.5 Å². The molecular formula is C16H17N3O. The van der Waals surface area contributed by atoms with E-state index in [9.17, 15) is 0 Å². The maximum atomic E-state index is 5.91. The van der Waals surface area contributed by atoms with Crippen LogP contribution in [0.15, 0.2) is 42.7 Å². The van der Waals surface area contributed by atoms with E-state index in [0.29, 0.717) is 0 Å². The van der Waals surface area contributed by atoms with Crippen molar-refractivity contribution in [2.45, 2.75) is 20.4 Å². The minimum Gasteiger partial charge on any atom is -0.457 e. The summed E-state index contributed by atoms with van der Waals surface area (Å²) in [5.74, 6) is 1.60. The number of hydrogen-bond donors (Lipinski definition) is 1. The molecule has 2 aromatic carbocycles. The van der Waals surface area contributed by atoms with E-state index in [0.717, 1.165) is 40.3 Å². The highest BCUT2D eigenvalue weighted by atomic mass is 16.5. The van der Waals surface area contributed by atoms with Crippen molar-refractivity contribution < 1.29 is 4.74 Å². The van der Waals surface area contributed by atoms with Crippen LogP contribution in [0.2, 0.25) is 0 Å². The van der Waals surface area contributed by atoms with E-state index in [-0.39, 0.29) is 0 Å². The number of nitrogens with zero attached hydrogens (tertiary/aromatic N) is 2. The number of nitrogens with two attached hydrogens (primary N) is 1. The Morgan fingerprint density at radius 1 is 1.20 bits per heavy atom. The highest BCUT2D eigenvalue weighted by Crippen LogP contribution is 2.28. The summed E-state index contributed by atoms with van der Waals surface area (Å²) in [6, 6.07) is 11.6. The smallest absolute Gasteiger partial charge is 0.130 e. The summed E-state index contributed by atoms with van der Waals surface area (Å²) in [6.07, 6.45) is 1.85. The van der Waals surface area contributed by atoms with E-state index in [1.165, 1.54) is 0 Å². The van der Waals surface area contributed by atoms with Gasteiger partial charge in [-0.2, -0.15) is 0 Å². The summed E-state index contributed by atoms with van der Waals surface area (Å²) in [6.45, 7) is 4.99. The van der Waals surface area contributed by atoms with Gasteiger partial charge in [0, 0.05) is 18.3 Å². The van der Waals surface area contributed by atoms with Gasteiger partial charge in [0.15, 0.2) is 0 Å². The van der Waals surface area contributed by atoms with Gasteiger partial charge in [-0.1, -0.05) is 0 Å². The van der Waals surface area contributed by atoms with E-state index in [4.69, 9.17) is 10.5 Å². The molecule has 0 aliphatic rings. The number of imidazole rings is 1. The maximum Gasteiger partial charge on any atom is 0.130 e. The van der Waals surface area contributed by atoms with Gasteiger partial charge >= 0.3 is 0 Å². The van der Waals surface area contributed by atoms with Gasteiger partial charge in [-0.05, 0) is 49.7 Å². The molecule has 0 fully saturated rings. The minimum atomic E-state index is 0.743. The van der Waals surface area contributed by atoms with Gasteiger partial charge in [-0.3, -0.25) is 0 Å². The van der Waals surface area contributed by atoms with Crippen molar-refractivity contribution in [2.24, 2.45) is 0 Å². The molecule has 0 bridgehead atoms. The second-order valence-corrected chi connectivity index (χ2v) is 4.81. The summed E-state index contributed by atoms with van der Waals surface area (Å²) in [7, 11) is 0. The van der Waals surface area contributed by atoms with Crippen molar-refractivity contribution in [1.82, 2.24) is 9.55 Å². The van der Waals surface area contributed by atoms with Crippen LogP contribution in [0, 0.1) is 6.92 Å². The molecule has 0 spiro atoms. The fourth-order valence-electron chi connectivity index (χ4n) is 2.27. The second kappa shape index (κ2) is 4.89.